The maximum Gasteiger partial charge on any atom is 0.282 e. The van der Waals surface area contributed by atoms with E-state index in [2.05, 4.69) is 70.0 Å². The number of benzene rings is 1. The zero-order valence-corrected chi connectivity index (χ0v) is 20.9. The molecule has 2 aliphatic heterocycles. The third-order valence-corrected chi connectivity index (χ3v) is 6.70. The van der Waals surface area contributed by atoms with Gasteiger partial charge in [0.2, 0.25) is 5.79 Å². The molecule has 0 bridgehead atoms. The van der Waals surface area contributed by atoms with Gasteiger partial charge in [0, 0.05) is 43.2 Å². The highest BCUT2D eigenvalue weighted by Gasteiger charge is 2.43. The van der Waals surface area contributed by atoms with Gasteiger partial charge >= 0.3 is 0 Å². The molecule has 0 saturated carbocycles. The van der Waals surface area contributed by atoms with Gasteiger partial charge in [-0.3, -0.25) is 4.79 Å². The lowest BCUT2D eigenvalue weighted by molar-refractivity contribution is -0.266. The Bertz CT molecular complexity index is 960. The lowest BCUT2D eigenvalue weighted by Gasteiger charge is -2.41. The first-order chi connectivity index (χ1) is 15.5. The molecule has 1 amide bonds. The summed E-state index contributed by atoms with van der Waals surface area (Å²) in [6.07, 6.45) is 0.774. The van der Waals surface area contributed by atoms with Crippen LogP contribution in [0.3, 0.4) is 0 Å². The Balaban J connectivity index is 1.46. The van der Waals surface area contributed by atoms with Crippen molar-refractivity contribution in [3.63, 3.8) is 0 Å². The van der Waals surface area contributed by atoms with Crippen LogP contribution in [-0.2, 0) is 26.1 Å². The van der Waals surface area contributed by atoms with E-state index in [1.54, 1.807) is 6.92 Å². The molecule has 3 heterocycles. The van der Waals surface area contributed by atoms with Crippen LogP contribution in [0.4, 0.5) is 0 Å². The Morgan fingerprint density at radius 2 is 1.70 bits per heavy atom. The minimum atomic E-state index is -1.19. The molecule has 2 aliphatic rings. The summed E-state index contributed by atoms with van der Waals surface area (Å²) in [5, 5.41) is 4.94. The van der Waals surface area contributed by atoms with E-state index in [1.165, 1.54) is 5.56 Å². The average Bonchev–Trinajstić information content (AvgIpc) is 3.20. The van der Waals surface area contributed by atoms with Crippen molar-refractivity contribution in [2.45, 2.75) is 52.2 Å². The van der Waals surface area contributed by atoms with Crippen LogP contribution in [0.1, 0.15) is 44.6 Å². The third-order valence-electron chi connectivity index (χ3n) is 6.70. The molecular weight excluding hydrogens is 416 g/mol. The fourth-order valence-electron chi connectivity index (χ4n) is 4.32. The molecule has 7 nitrogen and oxygen atoms in total. The van der Waals surface area contributed by atoms with E-state index in [9.17, 15) is 4.79 Å². The van der Waals surface area contributed by atoms with Crippen LogP contribution in [0.25, 0.3) is 5.69 Å². The SMILES string of the molecule is Cc1ccc(-n2nc(C(C)(C)C)cc2CC2COC(C)(C(=O)N3CCN(C)CC3)OC2)cc1. The maximum atomic E-state index is 13.1. The smallest absolute Gasteiger partial charge is 0.282 e. The van der Waals surface area contributed by atoms with E-state index in [1.807, 2.05) is 9.58 Å². The first kappa shape index (κ1) is 23.9. The van der Waals surface area contributed by atoms with Crippen LogP contribution >= 0.6 is 0 Å². The third kappa shape index (κ3) is 5.31. The van der Waals surface area contributed by atoms with E-state index in [0.717, 1.165) is 36.6 Å². The van der Waals surface area contributed by atoms with Crippen molar-refractivity contribution < 1.29 is 14.3 Å². The van der Waals surface area contributed by atoms with Gasteiger partial charge in [-0.05, 0) is 45.5 Å². The van der Waals surface area contributed by atoms with Crippen molar-refractivity contribution in [2.75, 3.05) is 46.4 Å². The van der Waals surface area contributed by atoms with Crippen molar-refractivity contribution in [1.82, 2.24) is 19.6 Å². The summed E-state index contributed by atoms with van der Waals surface area (Å²) in [4.78, 5) is 17.2. The predicted octanol–water partition coefficient (Wildman–Crippen LogP) is 3.17. The molecule has 1 aromatic heterocycles. The zero-order valence-electron chi connectivity index (χ0n) is 20.9. The molecule has 0 radical (unpaired) electrons. The monoisotopic (exact) mass is 454 g/mol. The topological polar surface area (TPSA) is 59.8 Å². The highest BCUT2D eigenvalue weighted by molar-refractivity contribution is 5.83. The summed E-state index contributed by atoms with van der Waals surface area (Å²) < 4.78 is 14.2. The van der Waals surface area contributed by atoms with E-state index in [4.69, 9.17) is 14.6 Å². The number of aryl methyl sites for hydroxylation is 1. The lowest BCUT2D eigenvalue weighted by atomic mass is 9.91. The van der Waals surface area contributed by atoms with Gasteiger partial charge in [0.05, 0.1) is 24.6 Å². The normalized spacial score (nSPS) is 24.8. The number of carbonyl (C=O) groups excluding carboxylic acids is 1. The van der Waals surface area contributed by atoms with Gasteiger partial charge in [0.15, 0.2) is 0 Å². The fraction of sp³-hybridized carbons (Fsp3) is 0.615. The number of aromatic nitrogens is 2. The molecule has 7 heteroatoms. The second kappa shape index (κ2) is 9.20. The molecule has 0 unspecified atom stereocenters. The number of likely N-dealkylation sites (N-methyl/N-ethyl adjacent to an activating group) is 1. The molecule has 2 saturated heterocycles. The number of carbonyl (C=O) groups is 1. The van der Waals surface area contributed by atoms with E-state index in [0.29, 0.717) is 26.3 Å². The van der Waals surface area contributed by atoms with E-state index >= 15 is 0 Å². The molecule has 2 fully saturated rings. The number of hydrogen-bond donors (Lipinski definition) is 0. The van der Waals surface area contributed by atoms with Gasteiger partial charge in [-0.2, -0.15) is 5.10 Å². The zero-order chi connectivity index (χ0) is 23.8. The van der Waals surface area contributed by atoms with Crippen LogP contribution in [0.5, 0.6) is 0 Å². The minimum absolute atomic E-state index is 0.0439. The minimum Gasteiger partial charge on any atom is -0.342 e. The highest BCUT2D eigenvalue weighted by Crippen LogP contribution is 2.29. The number of nitrogens with zero attached hydrogens (tertiary/aromatic N) is 4. The number of hydrogen-bond acceptors (Lipinski definition) is 5. The van der Waals surface area contributed by atoms with Crippen LogP contribution in [0, 0.1) is 12.8 Å². The Hall–Kier alpha value is -2.22. The number of piperazine rings is 1. The summed E-state index contributed by atoms with van der Waals surface area (Å²) >= 11 is 0. The van der Waals surface area contributed by atoms with Crippen LogP contribution in [0.15, 0.2) is 30.3 Å². The second-order valence-electron chi connectivity index (χ2n) is 10.8. The first-order valence-electron chi connectivity index (χ1n) is 12.0. The number of amides is 1. The maximum absolute atomic E-state index is 13.1. The Kier molecular flexibility index (Phi) is 6.67. The number of ether oxygens (including phenoxy) is 2. The second-order valence-corrected chi connectivity index (χ2v) is 10.8. The summed E-state index contributed by atoms with van der Waals surface area (Å²) in [5.74, 6) is -1.10. The molecular formula is C26H38N4O3. The molecule has 0 N–H and O–H groups in total. The van der Waals surface area contributed by atoms with Gasteiger partial charge in [-0.15, -0.1) is 0 Å². The summed E-state index contributed by atoms with van der Waals surface area (Å²) in [5.41, 5.74) is 4.43. The summed E-state index contributed by atoms with van der Waals surface area (Å²) in [6.45, 7) is 14.6. The standard InChI is InChI=1S/C26H38N4O3/c1-19-7-9-21(10-8-19)30-22(16-23(27-30)25(2,3)4)15-20-17-32-26(5,33-18-20)24(31)29-13-11-28(6)12-14-29/h7-10,16,20H,11-15,17-18H2,1-6H3. The first-order valence-corrected chi connectivity index (χ1v) is 12.0. The molecule has 2 aromatic rings. The van der Waals surface area contributed by atoms with E-state index < -0.39 is 5.79 Å². The van der Waals surface area contributed by atoms with Crippen LogP contribution in [0.2, 0.25) is 0 Å². The molecule has 0 aliphatic carbocycles. The van der Waals surface area contributed by atoms with Crippen LogP contribution < -0.4 is 0 Å². The van der Waals surface area contributed by atoms with Crippen molar-refractivity contribution in [3.05, 3.63) is 47.3 Å². The lowest BCUT2D eigenvalue weighted by Crippen LogP contribution is -2.58. The van der Waals surface area contributed by atoms with Crippen molar-refractivity contribution in [2.24, 2.45) is 5.92 Å². The molecule has 4 rings (SSSR count). The van der Waals surface area contributed by atoms with Gasteiger partial charge in [0.1, 0.15) is 0 Å². The Morgan fingerprint density at radius 1 is 1.09 bits per heavy atom. The van der Waals surface area contributed by atoms with E-state index in [-0.39, 0.29) is 17.2 Å². The number of rotatable bonds is 4. The quantitative estimate of drug-likeness (QED) is 0.710. The molecule has 1 aromatic carbocycles. The summed E-state index contributed by atoms with van der Waals surface area (Å²) in [7, 11) is 2.08. The van der Waals surface area contributed by atoms with Crippen molar-refractivity contribution in [3.8, 4) is 5.69 Å². The van der Waals surface area contributed by atoms with Gasteiger partial charge < -0.3 is 19.3 Å². The molecule has 180 valence electrons. The summed E-state index contributed by atoms with van der Waals surface area (Å²) in [6, 6.07) is 10.6. The Labute approximate surface area is 197 Å². The van der Waals surface area contributed by atoms with Gasteiger partial charge in [0.25, 0.3) is 5.91 Å². The van der Waals surface area contributed by atoms with Gasteiger partial charge in [-0.25, -0.2) is 4.68 Å². The average molecular weight is 455 g/mol. The molecule has 33 heavy (non-hydrogen) atoms. The fourth-order valence-corrected chi connectivity index (χ4v) is 4.32. The van der Waals surface area contributed by atoms with Gasteiger partial charge in [-0.1, -0.05) is 38.5 Å². The molecule has 0 spiro atoms. The predicted molar refractivity (Wildman–Crippen MR) is 129 cm³/mol. The van der Waals surface area contributed by atoms with Crippen LogP contribution in [-0.4, -0.2) is 77.7 Å². The molecule has 0 atom stereocenters. The largest absolute Gasteiger partial charge is 0.342 e. The Morgan fingerprint density at radius 3 is 2.27 bits per heavy atom. The van der Waals surface area contributed by atoms with Crippen molar-refractivity contribution in [1.29, 1.82) is 0 Å². The van der Waals surface area contributed by atoms with Crippen molar-refractivity contribution >= 4 is 5.91 Å². The highest BCUT2D eigenvalue weighted by atomic mass is 16.7.